The Kier molecular flexibility index (Phi) is 3.07. The first-order valence-corrected chi connectivity index (χ1v) is 4.52. The Morgan fingerprint density at radius 2 is 1.62 bits per heavy atom. The van der Waals surface area contributed by atoms with Gasteiger partial charge in [0.1, 0.15) is 0 Å². The van der Waals surface area contributed by atoms with Gasteiger partial charge < -0.3 is 10.8 Å². The predicted molar refractivity (Wildman–Crippen MR) is 54.5 cm³/mol. The third-order valence-corrected chi connectivity index (χ3v) is 2.15. The molecule has 2 nitrogen and oxygen atoms in total. The van der Waals surface area contributed by atoms with Crippen LogP contribution in [0.5, 0.6) is 0 Å². The van der Waals surface area contributed by atoms with Crippen molar-refractivity contribution in [2.24, 2.45) is 5.73 Å². The average Bonchev–Trinajstić information content (AvgIpc) is 2.01. The van der Waals surface area contributed by atoms with Crippen LogP contribution < -0.4 is 5.73 Å². The van der Waals surface area contributed by atoms with Gasteiger partial charge in [-0.3, -0.25) is 0 Å². The third-order valence-electron chi connectivity index (χ3n) is 2.15. The smallest absolute Gasteiger partial charge is 0.0704 e. The molecule has 0 amide bonds. The van der Waals surface area contributed by atoms with Crippen LogP contribution in [0.1, 0.15) is 29.7 Å². The summed E-state index contributed by atoms with van der Waals surface area (Å²) in [5.41, 5.74) is 9.20. The van der Waals surface area contributed by atoms with Crippen molar-refractivity contribution >= 4 is 0 Å². The van der Waals surface area contributed by atoms with Gasteiger partial charge in [-0.05, 0) is 26.3 Å². The highest BCUT2D eigenvalue weighted by Crippen LogP contribution is 2.17. The SMILES string of the molecule is Cc1cc(C)cc([C@H](N)[C@@H](C)O)c1. The van der Waals surface area contributed by atoms with Crippen LogP contribution in [0.15, 0.2) is 18.2 Å². The monoisotopic (exact) mass is 179 g/mol. The van der Waals surface area contributed by atoms with E-state index in [0.29, 0.717) is 0 Å². The first-order valence-electron chi connectivity index (χ1n) is 4.52. The van der Waals surface area contributed by atoms with E-state index in [9.17, 15) is 5.11 Å². The van der Waals surface area contributed by atoms with Gasteiger partial charge in [-0.2, -0.15) is 0 Å². The van der Waals surface area contributed by atoms with Crippen molar-refractivity contribution in [2.45, 2.75) is 32.9 Å². The Balaban J connectivity index is 3.01. The van der Waals surface area contributed by atoms with E-state index >= 15 is 0 Å². The summed E-state index contributed by atoms with van der Waals surface area (Å²) < 4.78 is 0. The summed E-state index contributed by atoms with van der Waals surface area (Å²) in [6.45, 7) is 5.78. The number of benzene rings is 1. The van der Waals surface area contributed by atoms with Crippen molar-refractivity contribution in [1.29, 1.82) is 0 Å². The highest BCUT2D eigenvalue weighted by molar-refractivity contribution is 5.30. The molecule has 2 atom stereocenters. The van der Waals surface area contributed by atoms with Gasteiger partial charge in [0.15, 0.2) is 0 Å². The Morgan fingerprint density at radius 1 is 1.15 bits per heavy atom. The molecule has 1 aromatic rings. The molecule has 1 rings (SSSR count). The van der Waals surface area contributed by atoms with Crippen LogP contribution in [0, 0.1) is 13.8 Å². The van der Waals surface area contributed by atoms with Gasteiger partial charge in [0.2, 0.25) is 0 Å². The van der Waals surface area contributed by atoms with Gasteiger partial charge in [-0.15, -0.1) is 0 Å². The third kappa shape index (κ3) is 2.54. The maximum absolute atomic E-state index is 9.33. The lowest BCUT2D eigenvalue weighted by Gasteiger charge is -2.16. The van der Waals surface area contributed by atoms with Gasteiger partial charge in [-0.1, -0.05) is 29.3 Å². The highest BCUT2D eigenvalue weighted by Gasteiger charge is 2.11. The van der Waals surface area contributed by atoms with Crippen LogP contribution in [0.4, 0.5) is 0 Å². The predicted octanol–water partition coefficient (Wildman–Crippen LogP) is 1.68. The molecule has 0 saturated carbocycles. The molecule has 0 aromatic heterocycles. The number of hydrogen-bond acceptors (Lipinski definition) is 2. The number of nitrogens with two attached hydrogens (primary N) is 1. The van der Waals surface area contributed by atoms with Crippen LogP contribution in [0.25, 0.3) is 0 Å². The van der Waals surface area contributed by atoms with Crippen LogP contribution in [0.3, 0.4) is 0 Å². The molecular formula is C11H17NO. The van der Waals surface area contributed by atoms with Crippen LogP contribution >= 0.6 is 0 Å². The van der Waals surface area contributed by atoms with Crippen molar-refractivity contribution in [1.82, 2.24) is 0 Å². The molecule has 0 spiro atoms. The lowest BCUT2D eigenvalue weighted by Crippen LogP contribution is -2.23. The molecule has 72 valence electrons. The minimum Gasteiger partial charge on any atom is -0.391 e. The minimum absolute atomic E-state index is 0.279. The number of hydrogen-bond donors (Lipinski definition) is 2. The normalized spacial score (nSPS) is 15.5. The largest absolute Gasteiger partial charge is 0.391 e. The lowest BCUT2D eigenvalue weighted by atomic mass is 9.99. The first kappa shape index (κ1) is 10.2. The van der Waals surface area contributed by atoms with E-state index < -0.39 is 6.10 Å². The fraction of sp³-hybridized carbons (Fsp3) is 0.455. The van der Waals surface area contributed by atoms with E-state index in [1.54, 1.807) is 6.92 Å². The molecule has 0 aliphatic rings. The van der Waals surface area contributed by atoms with E-state index in [2.05, 4.69) is 6.07 Å². The Morgan fingerprint density at radius 3 is 2.00 bits per heavy atom. The topological polar surface area (TPSA) is 46.2 Å². The molecule has 2 heteroatoms. The van der Waals surface area contributed by atoms with E-state index in [1.165, 1.54) is 11.1 Å². The molecule has 0 bridgehead atoms. The number of aryl methyl sites for hydroxylation is 2. The van der Waals surface area contributed by atoms with Crippen molar-refractivity contribution in [3.05, 3.63) is 34.9 Å². The molecule has 0 unspecified atom stereocenters. The Labute approximate surface area is 79.4 Å². The fourth-order valence-corrected chi connectivity index (χ4v) is 1.48. The fourth-order valence-electron chi connectivity index (χ4n) is 1.48. The Hall–Kier alpha value is -0.860. The minimum atomic E-state index is -0.499. The summed E-state index contributed by atoms with van der Waals surface area (Å²) >= 11 is 0. The van der Waals surface area contributed by atoms with Crippen LogP contribution in [-0.4, -0.2) is 11.2 Å². The van der Waals surface area contributed by atoms with Crippen LogP contribution in [-0.2, 0) is 0 Å². The second kappa shape index (κ2) is 3.90. The van der Waals surface area contributed by atoms with Crippen molar-refractivity contribution in [2.75, 3.05) is 0 Å². The second-order valence-corrected chi connectivity index (χ2v) is 3.69. The molecule has 0 aliphatic heterocycles. The maximum atomic E-state index is 9.33. The van der Waals surface area contributed by atoms with Crippen molar-refractivity contribution in [3.8, 4) is 0 Å². The molecule has 0 radical (unpaired) electrons. The van der Waals surface area contributed by atoms with Gasteiger partial charge in [0, 0.05) is 0 Å². The lowest BCUT2D eigenvalue weighted by molar-refractivity contribution is 0.164. The van der Waals surface area contributed by atoms with Gasteiger partial charge in [-0.25, -0.2) is 0 Å². The zero-order chi connectivity index (χ0) is 10.0. The number of aliphatic hydroxyl groups is 1. The van der Waals surface area contributed by atoms with Crippen LogP contribution in [0.2, 0.25) is 0 Å². The molecule has 0 saturated heterocycles. The molecule has 0 aliphatic carbocycles. The molecule has 0 fully saturated rings. The zero-order valence-electron chi connectivity index (χ0n) is 8.41. The first-order chi connectivity index (χ1) is 6.00. The summed E-state index contributed by atoms with van der Waals surface area (Å²) in [5.74, 6) is 0. The quantitative estimate of drug-likeness (QED) is 0.725. The highest BCUT2D eigenvalue weighted by atomic mass is 16.3. The average molecular weight is 179 g/mol. The summed E-state index contributed by atoms with van der Waals surface area (Å²) in [4.78, 5) is 0. The summed E-state index contributed by atoms with van der Waals surface area (Å²) in [6.07, 6.45) is -0.499. The van der Waals surface area contributed by atoms with Gasteiger partial charge >= 0.3 is 0 Å². The Bertz CT molecular complexity index is 274. The van der Waals surface area contributed by atoms with E-state index in [1.807, 2.05) is 26.0 Å². The summed E-state index contributed by atoms with van der Waals surface area (Å²) in [7, 11) is 0. The van der Waals surface area contributed by atoms with Gasteiger partial charge in [0.05, 0.1) is 12.1 Å². The maximum Gasteiger partial charge on any atom is 0.0704 e. The van der Waals surface area contributed by atoms with Gasteiger partial charge in [0.25, 0.3) is 0 Å². The molecule has 0 heterocycles. The van der Waals surface area contributed by atoms with E-state index in [-0.39, 0.29) is 6.04 Å². The molecule has 3 N–H and O–H groups in total. The van der Waals surface area contributed by atoms with E-state index in [0.717, 1.165) is 5.56 Å². The van der Waals surface area contributed by atoms with E-state index in [4.69, 9.17) is 5.73 Å². The zero-order valence-corrected chi connectivity index (χ0v) is 8.41. The molecular weight excluding hydrogens is 162 g/mol. The summed E-state index contributed by atoms with van der Waals surface area (Å²) in [6, 6.07) is 5.85. The number of rotatable bonds is 2. The molecule has 1 aromatic carbocycles. The summed E-state index contributed by atoms with van der Waals surface area (Å²) in [5, 5.41) is 9.33. The standard InChI is InChI=1S/C11H17NO/c1-7-4-8(2)6-10(5-7)11(12)9(3)13/h4-6,9,11,13H,12H2,1-3H3/t9-,11-/m1/s1. The molecule has 13 heavy (non-hydrogen) atoms. The number of aliphatic hydroxyl groups excluding tert-OH is 1. The van der Waals surface area contributed by atoms with Crippen molar-refractivity contribution in [3.63, 3.8) is 0 Å². The van der Waals surface area contributed by atoms with Crippen molar-refractivity contribution < 1.29 is 5.11 Å². The second-order valence-electron chi connectivity index (χ2n) is 3.69.